The van der Waals surface area contributed by atoms with Crippen LogP contribution in [0.25, 0.3) is 0 Å². The number of rotatable bonds is 6. The summed E-state index contributed by atoms with van der Waals surface area (Å²) in [5.74, 6) is 0.526. The van der Waals surface area contributed by atoms with E-state index in [-0.39, 0.29) is 12.4 Å². The molecule has 1 aromatic carbocycles. The van der Waals surface area contributed by atoms with E-state index in [2.05, 4.69) is 0 Å². The molecule has 0 heterocycles. The first-order chi connectivity index (χ1) is 7.59. The number of halogens is 1. The molecule has 1 aromatic rings. The van der Waals surface area contributed by atoms with E-state index in [4.69, 9.17) is 16.3 Å². The molecule has 16 heavy (non-hydrogen) atoms. The maximum Gasteiger partial charge on any atom is 0.158 e. The summed E-state index contributed by atoms with van der Waals surface area (Å²) in [5.41, 5.74) is 0.918. The van der Waals surface area contributed by atoms with Crippen molar-refractivity contribution < 1.29 is 9.53 Å². The van der Waals surface area contributed by atoms with Crippen molar-refractivity contribution in [3.05, 3.63) is 34.9 Å². The average Bonchev–Trinajstić information content (AvgIpc) is 2.19. The van der Waals surface area contributed by atoms with Crippen molar-refractivity contribution in [3.63, 3.8) is 0 Å². The highest BCUT2D eigenvalue weighted by atomic mass is 35.5. The molecular formula is C13H17ClO2. The van der Waals surface area contributed by atoms with Crippen molar-refractivity contribution in [2.75, 3.05) is 6.61 Å². The second-order valence-corrected chi connectivity index (χ2v) is 4.63. The summed E-state index contributed by atoms with van der Waals surface area (Å²) >= 11 is 5.96. The highest BCUT2D eigenvalue weighted by Gasteiger charge is 2.06. The molecule has 0 bridgehead atoms. The molecule has 88 valence electrons. The van der Waals surface area contributed by atoms with Crippen LogP contribution in [0.3, 0.4) is 0 Å². The number of carbonyl (C=O) groups is 1. The topological polar surface area (TPSA) is 26.3 Å². The Hall–Kier alpha value is -0.860. The summed E-state index contributed by atoms with van der Waals surface area (Å²) in [7, 11) is 0. The Morgan fingerprint density at radius 3 is 2.69 bits per heavy atom. The molecule has 0 saturated heterocycles. The molecule has 3 heteroatoms. The normalized spacial score (nSPS) is 10.8. The van der Waals surface area contributed by atoms with Crippen LogP contribution in [-0.4, -0.2) is 12.4 Å². The van der Waals surface area contributed by atoms with Gasteiger partial charge >= 0.3 is 0 Å². The smallest absolute Gasteiger partial charge is 0.158 e. The molecule has 0 unspecified atom stereocenters. The van der Waals surface area contributed by atoms with Crippen LogP contribution in [0.2, 0.25) is 5.02 Å². The monoisotopic (exact) mass is 240 g/mol. The fraction of sp³-hybridized carbons (Fsp3) is 0.462. The predicted octanol–water partition coefficient (Wildman–Crippen LogP) is 3.47. The van der Waals surface area contributed by atoms with Gasteiger partial charge in [-0.2, -0.15) is 0 Å². The minimum Gasteiger partial charge on any atom is -0.369 e. The summed E-state index contributed by atoms with van der Waals surface area (Å²) in [6.45, 7) is 4.60. The van der Waals surface area contributed by atoms with Crippen LogP contribution in [0.15, 0.2) is 24.3 Å². The first kappa shape index (κ1) is 13.2. The lowest BCUT2D eigenvalue weighted by atomic mass is 10.1. The highest BCUT2D eigenvalue weighted by Crippen LogP contribution is 2.15. The Morgan fingerprint density at radius 1 is 1.38 bits per heavy atom. The Balaban J connectivity index is 2.31. The van der Waals surface area contributed by atoms with Gasteiger partial charge in [0.2, 0.25) is 0 Å². The maximum atomic E-state index is 11.4. The van der Waals surface area contributed by atoms with Gasteiger partial charge < -0.3 is 4.74 Å². The van der Waals surface area contributed by atoms with E-state index in [1.807, 2.05) is 38.1 Å². The molecule has 0 spiro atoms. The molecule has 0 aromatic heterocycles. The minimum absolute atomic E-state index is 0.141. The van der Waals surface area contributed by atoms with Gasteiger partial charge in [0.25, 0.3) is 0 Å². The number of benzene rings is 1. The number of hydrogen-bond acceptors (Lipinski definition) is 2. The van der Waals surface area contributed by atoms with E-state index in [0.29, 0.717) is 24.0 Å². The fourth-order valence-electron chi connectivity index (χ4n) is 1.40. The van der Waals surface area contributed by atoms with E-state index in [9.17, 15) is 4.79 Å². The quantitative estimate of drug-likeness (QED) is 0.761. The maximum absolute atomic E-state index is 11.4. The van der Waals surface area contributed by atoms with Crippen LogP contribution in [-0.2, 0) is 16.1 Å². The summed E-state index contributed by atoms with van der Waals surface area (Å²) < 4.78 is 5.33. The van der Waals surface area contributed by atoms with Gasteiger partial charge in [-0.3, -0.25) is 4.79 Å². The lowest BCUT2D eigenvalue weighted by Crippen LogP contribution is -2.11. The first-order valence-electron chi connectivity index (χ1n) is 5.42. The van der Waals surface area contributed by atoms with E-state index in [1.54, 1.807) is 0 Å². The molecule has 0 amide bonds. The molecule has 0 aliphatic heterocycles. The highest BCUT2D eigenvalue weighted by molar-refractivity contribution is 6.31. The number of carbonyl (C=O) groups excluding carboxylic acids is 1. The van der Waals surface area contributed by atoms with E-state index < -0.39 is 0 Å². The van der Waals surface area contributed by atoms with Gasteiger partial charge in [0, 0.05) is 11.4 Å². The molecule has 0 aliphatic rings. The third kappa shape index (κ3) is 4.77. The second-order valence-electron chi connectivity index (χ2n) is 4.22. The van der Waals surface area contributed by atoms with Gasteiger partial charge in [0.15, 0.2) is 5.78 Å². The molecule has 0 fully saturated rings. The Bertz CT molecular complexity index is 348. The van der Waals surface area contributed by atoms with Gasteiger partial charge in [-0.25, -0.2) is 0 Å². The van der Waals surface area contributed by atoms with Crippen LogP contribution in [0.5, 0.6) is 0 Å². The van der Waals surface area contributed by atoms with Crippen LogP contribution in [0.4, 0.5) is 0 Å². The number of ketones is 1. The lowest BCUT2D eigenvalue weighted by Gasteiger charge is -2.06. The third-order valence-electron chi connectivity index (χ3n) is 2.11. The summed E-state index contributed by atoms with van der Waals surface area (Å²) in [6.07, 6.45) is 0.572. The van der Waals surface area contributed by atoms with E-state index in [0.717, 1.165) is 5.56 Å². The van der Waals surface area contributed by atoms with Crippen LogP contribution in [0.1, 0.15) is 25.8 Å². The molecule has 0 saturated carbocycles. The van der Waals surface area contributed by atoms with Gasteiger partial charge in [-0.1, -0.05) is 43.6 Å². The predicted molar refractivity (Wildman–Crippen MR) is 65.6 cm³/mol. The van der Waals surface area contributed by atoms with E-state index in [1.165, 1.54) is 0 Å². The Labute approximate surface area is 102 Å². The first-order valence-corrected chi connectivity index (χ1v) is 5.80. The van der Waals surface area contributed by atoms with Crippen LogP contribution >= 0.6 is 11.6 Å². The van der Waals surface area contributed by atoms with Crippen molar-refractivity contribution in [1.82, 2.24) is 0 Å². The van der Waals surface area contributed by atoms with Gasteiger partial charge in [-0.15, -0.1) is 0 Å². The average molecular weight is 241 g/mol. The van der Waals surface area contributed by atoms with Crippen molar-refractivity contribution in [2.45, 2.75) is 26.9 Å². The van der Waals surface area contributed by atoms with Gasteiger partial charge in [-0.05, 0) is 17.5 Å². The number of Topliss-reactive ketones (excluding diaryl/α,β-unsaturated/α-hetero) is 1. The molecule has 1 rings (SSSR count). The zero-order valence-corrected chi connectivity index (χ0v) is 10.5. The van der Waals surface area contributed by atoms with Crippen molar-refractivity contribution in [2.24, 2.45) is 5.92 Å². The van der Waals surface area contributed by atoms with Crippen molar-refractivity contribution in [1.29, 1.82) is 0 Å². The Kier molecular flexibility index (Phi) is 5.50. The molecule has 0 atom stereocenters. The molecule has 0 aliphatic carbocycles. The zero-order valence-electron chi connectivity index (χ0n) is 9.70. The lowest BCUT2D eigenvalue weighted by molar-refractivity contribution is -0.124. The molecule has 0 N–H and O–H groups in total. The third-order valence-corrected chi connectivity index (χ3v) is 2.48. The molecule has 0 radical (unpaired) electrons. The number of hydrogen-bond donors (Lipinski definition) is 0. The second kappa shape index (κ2) is 6.66. The zero-order chi connectivity index (χ0) is 12.0. The van der Waals surface area contributed by atoms with Crippen LogP contribution < -0.4 is 0 Å². The molecule has 2 nitrogen and oxygen atoms in total. The van der Waals surface area contributed by atoms with Gasteiger partial charge in [0.05, 0.1) is 6.61 Å². The van der Waals surface area contributed by atoms with Crippen molar-refractivity contribution >= 4 is 17.4 Å². The number of ether oxygens (including phenoxy) is 1. The minimum atomic E-state index is 0.141. The standard InChI is InChI=1S/C13H17ClO2/c1-10(2)7-12(15)9-16-8-11-5-3-4-6-13(11)14/h3-6,10H,7-9H2,1-2H3. The summed E-state index contributed by atoms with van der Waals surface area (Å²) in [5, 5.41) is 0.679. The SMILES string of the molecule is CC(C)CC(=O)COCc1ccccc1Cl. The summed E-state index contributed by atoms with van der Waals surface area (Å²) in [4.78, 5) is 11.4. The summed E-state index contributed by atoms with van der Waals surface area (Å²) in [6, 6.07) is 7.49. The van der Waals surface area contributed by atoms with Crippen LogP contribution in [0, 0.1) is 5.92 Å². The van der Waals surface area contributed by atoms with E-state index >= 15 is 0 Å². The van der Waals surface area contributed by atoms with Gasteiger partial charge in [0.1, 0.15) is 6.61 Å². The largest absolute Gasteiger partial charge is 0.369 e. The fourth-order valence-corrected chi connectivity index (χ4v) is 1.59. The molecular weight excluding hydrogens is 224 g/mol. The van der Waals surface area contributed by atoms with Crippen molar-refractivity contribution in [3.8, 4) is 0 Å². The Morgan fingerprint density at radius 2 is 2.06 bits per heavy atom.